The second kappa shape index (κ2) is 14.4. The summed E-state index contributed by atoms with van der Waals surface area (Å²) in [6.07, 6.45) is 3.31. The van der Waals surface area contributed by atoms with Gasteiger partial charge in [0.05, 0.1) is 6.42 Å². The number of ether oxygens (including phenoxy) is 2. The zero-order valence-corrected chi connectivity index (χ0v) is 25.7. The Balaban J connectivity index is 1.49. The SMILES string of the molecule is C=CCOC(=O)C[C@@H](C(=O)N1CCCCC1)N(C)C(=O)[C@H](C(C)C)N(C)C(=O)OCC1c2ccccc2-c2ccccc21. The molecule has 2 aromatic rings. The normalized spacial score (nSPS) is 15.6. The molecule has 0 saturated carbocycles. The Labute approximate surface area is 254 Å². The first-order valence-electron chi connectivity index (χ1n) is 15.1. The number of esters is 1. The fourth-order valence-corrected chi connectivity index (χ4v) is 6.15. The van der Waals surface area contributed by atoms with Crippen LogP contribution in [0.15, 0.2) is 61.2 Å². The van der Waals surface area contributed by atoms with Crippen LogP contribution in [0.25, 0.3) is 11.1 Å². The molecule has 230 valence electrons. The topological polar surface area (TPSA) is 96.5 Å². The standard InChI is InChI=1S/C34H43N3O6/c1-6-20-42-30(38)21-29(32(39)37-18-12-7-13-19-37)35(4)33(40)31(23(2)3)36(5)34(41)43-22-28-26-16-10-8-14-24(26)25-15-9-11-17-27(25)28/h6,8-11,14-17,23,28-29,31H,1,7,12-13,18-22H2,2-5H3/t29-,31-/m0/s1. The molecule has 3 amide bonds. The second-order valence-corrected chi connectivity index (χ2v) is 11.6. The van der Waals surface area contributed by atoms with Crippen molar-refractivity contribution in [3.63, 3.8) is 0 Å². The van der Waals surface area contributed by atoms with Crippen molar-refractivity contribution in [1.82, 2.24) is 14.7 Å². The van der Waals surface area contributed by atoms with E-state index in [1.54, 1.807) is 4.90 Å². The van der Waals surface area contributed by atoms with E-state index >= 15 is 0 Å². The summed E-state index contributed by atoms with van der Waals surface area (Å²) in [6, 6.07) is 14.2. The number of fused-ring (bicyclic) bond motifs is 3. The van der Waals surface area contributed by atoms with Crippen molar-refractivity contribution in [2.45, 2.75) is 57.5 Å². The first-order valence-corrected chi connectivity index (χ1v) is 15.1. The van der Waals surface area contributed by atoms with Crippen LogP contribution in [0.3, 0.4) is 0 Å². The van der Waals surface area contributed by atoms with E-state index in [1.807, 2.05) is 50.2 Å². The maximum atomic E-state index is 14.0. The summed E-state index contributed by atoms with van der Waals surface area (Å²) in [5.41, 5.74) is 4.44. The maximum absolute atomic E-state index is 14.0. The molecular weight excluding hydrogens is 546 g/mol. The first kappa shape index (κ1) is 31.8. The highest BCUT2D eigenvalue weighted by atomic mass is 16.6. The van der Waals surface area contributed by atoms with Gasteiger partial charge in [-0.05, 0) is 47.4 Å². The maximum Gasteiger partial charge on any atom is 0.410 e. The van der Waals surface area contributed by atoms with Gasteiger partial charge in [-0.2, -0.15) is 0 Å². The highest BCUT2D eigenvalue weighted by Gasteiger charge is 2.40. The summed E-state index contributed by atoms with van der Waals surface area (Å²) in [4.78, 5) is 57.9. The number of likely N-dealkylation sites (tertiary alicyclic amines) is 1. The Morgan fingerprint density at radius 2 is 1.49 bits per heavy atom. The van der Waals surface area contributed by atoms with Gasteiger partial charge in [0.15, 0.2) is 0 Å². The zero-order chi connectivity index (χ0) is 31.1. The lowest BCUT2D eigenvalue weighted by atomic mass is 9.98. The molecule has 0 N–H and O–H groups in total. The van der Waals surface area contributed by atoms with Gasteiger partial charge in [-0.15, -0.1) is 0 Å². The first-order chi connectivity index (χ1) is 20.6. The van der Waals surface area contributed by atoms with Crippen molar-refractivity contribution >= 4 is 23.9 Å². The van der Waals surface area contributed by atoms with Crippen LogP contribution in [-0.2, 0) is 23.9 Å². The Morgan fingerprint density at radius 3 is 2.05 bits per heavy atom. The van der Waals surface area contributed by atoms with Gasteiger partial charge in [-0.25, -0.2) is 4.79 Å². The van der Waals surface area contributed by atoms with Crippen LogP contribution in [-0.4, -0.2) is 91.1 Å². The van der Waals surface area contributed by atoms with Gasteiger partial charge < -0.3 is 19.3 Å². The summed E-state index contributed by atoms with van der Waals surface area (Å²) in [6.45, 7) is 8.52. The van der Waals surface area contributed by atoms with E-state index < -0.39 is 30.1 Å². The van der Waals surface area contributed by atoms with Gasteiger partial charge in [-0.3, -0.25) is 19.3 Å². The number of benzene rings is 2. The molecule has 0 spiro atoms. The van der Waals surface area contributed by atoms with Gasteiger partial charge in [0, 0.05) is 33.1 Å². The number of rotatable bonds is 11. The lowest BCUT2D eigenvalue weighted by Gasteiger charge is -2.38. The summed E-state index contributed by atoms with van der Waals surface area (Å²) < 4.78 is 11.0. The van der Waals surface area contributed by atoms with Gasteiger partial charge in [0.1, 0.15) is 25.3 Å². The van der Waals surface area contributed by atoms with Gasteiger partial charge in [-0.1, -0.05) is 75.0 Å². The average molecular weight is 590 g/mol. The molecule has 1 aliphatic heterocycles. The van der Waals surface area contributed by atoms with Crippen LogP contribution >= 0.6 is 0 Å². The highest BCUT2D eigenvalue weighted by molar-refractivity contribution is 5.93. The van der Waals surface area contributed by atoms with Crippen LogP contribution in [0.2, 0.25) is 0 Å². The van der Waals surface area contributed by atoms with E-state index in [2.05, 4.69) is 18.7 Å². The average Bonchev–Trinajstić information content (AvgIpc) is 3.34. The largest absolute Gasteiger partial charge is 0.461 e. The molecule has 9 heteroatoms. The third-order valence-corrected chi connectivity index (χ3v) is 8.42. The second-order valence-electron chi connectivity index (χ2n) is 11.6. The van der Waals surface area contributed by atoms with Crippen molar-refractivity contribution in [3.05, 3.63) is 72.3 Å². The summed E-state index contributed by atoms with van der Waals surface area (Å²) in [5, 5.41) is 0. The number of hydrogen-bond donors (Lipinski definition) is 0. The number of likely N-dealkylation sites (N-methyl/N-ethyl adjacent to an activating group) is 2. The molecule has 2 aliphatic rings. The molecule has 1 aliphatic carbocycles. The van der Waals surface area contributed by atoms with Crippen molar-refractivity contribution in [2.24, 2.45) is 5.92 Å². The smallest absolute Gasteiger partial charge is 0.410 e. The molecule has 0 aromatic heterocycles. The minimum absolute atomic E-state index is 0.0141. The van der Waals surface area contributed by atoms with Crippen LogP contribution in [0.1, 0.15) is 56.6 Å². The minimum Gasteiger partial charge on any atom is -0.461 e. The third-order valence-electron chi connectivity index (χ3n) is 8.42. The summed E-state index contributed by atoms with van der Waals surface area (Å²) in [5.74, 6) is -1.75. The number of carbonyl (C=O) groups is 4. The van der Waals surface area contributed by atoms with Crippen molar-refractivity contribution < 1.29 is 28.7 Å². The van der Waals surface area contributed by atoms with E-state index in [1.165, 1.54) is 30.0 Å². The van der Waals surface area contributed by atoms with Gasteiger partial charge in [0.25, 0.3) is 0 Å². The minimum atomic E-state index is -1.06. The van der Waals surface area contributed by atoms with Crippen molar-refractivity contribution in [3.8, 4) is 11.1 Å². The molecule has 0 bridgehead atoms. The highest BCUT2D eigenvalue weighted by Crippen LogP contribution is 2.44. The molecule has 0 unspecified atom stereocenters. The van der Waals surface area contributed by atoms with Crippen LogP contribution in [0.4, 0.5) is 4.79 Å². The zero-order valence-electron chi connectivity index (χ0n) is 25.7. The van der Waals surface area contributed by atoms with Gasteiger partial charge >= 0.3 is 12.1 Å². The monoisotopic (exact) mass is 589 g/mol. The molecule has 9 nitrogen and oxygen atoms in total. The lowest BCUT2D eigenvalue weighted by molar-refractivity contribution is -0.154. The Kier molecular flexibility index (Phi) is 10.6. The van der Waals surface area contributed by atoms with Crippen LogP contribution < -0.4 is 0 Å². The molecule has 1 fully saturated rings. The van der Waals surface area contributed by atoms with Crippen molar-refractivity contribution in [1.29, 1.82) is 0 Å². The molecule has 0 radical (unpaired) electrons. The molecule has 43 heavy (non-hydrogen) atoms. The Bertz CT molecular complexity index is 1290. The summed E-state index contributed by atoms with van der Waals surface area (Å²) in [7, 11) is 3.05. The van der Waals surface area contributed by atoms with E-state index in [0.29, 0.717) is 13.1 Å². The van der Waals surface area contributed by atoms with E-state index in [0.717, 1.165) is 41.5 Å². The van der Waals surface area contributed by atoms with E-state index in [4.69, 9.17) is 9.47 Å². The molecule has 2 aromatic carbocycles. The number of piperidine rings is 1. The third kappa shape index (κ3) is 7.09. The fourth-order valence-electron chi connectivity index (χ4n) is 6.15. The number of nitrogens with zero attached hydrogens (tertiary/aromatic N) is 3. The van der Waals surface area contributed by atoms with Crippen molar-refractivity contribution in [2.75, 3.05) is 40.4 Å². The Morgan fingerprint density at radius 1 is 0.907 bits per heavy atom. The fraction of sp³-hybridized carbons (Fsp3) is 0.471. The van der Waals surface area contributed by atoms with Gasteiger partial charge in [0.2, 0.25) is 11.8 Å². The number of amides is 3. The van der Waals surface area contributed by atoms with E-state index in [-0.39, 0.29) is 37.4 Å². The predicted molar refractivity (Wildman–Crippen MR) is 164 cm³/mol. The Hall–Kier alpha value is -4.14. The lowest BCUT2D eigenvalue weighted by Crippen LogP contribution is -2.57. The number of carbonyl (C=O) groups excluding carboxylic acids is 4. The molecular formula is C34H43N3O6. The quantitative estimate of drug-likeness (QED) is 0.275. The predicted octanol–water partition coefficient (Wildman–Crippen LogP) is 4.85. The van der Waals surface area contributed by atoms with Crippen LogP contribution in [0.5, 0.6) is 0 Å². The molecule has 4 rings (SSSR count). The van der Waals surface area contributed by atoms with E-state index in [9.17, 15) is 19.2 Å². The van der Waals surface area contributed by atoms with Crippen LogP contribution in [0, 0.1) is 5.92 Å². The molecule has 1 saturated heterocycles. The number of hydrogen-bond acceptors (Lipinski definition) is 6. The molecule has 2 atom stereocenters. The molecule has 1 heterocycles. The summed E-state index contributed by atoms with van der Waals surface area (Å²) >= 11 is 0.